The number of benzene rings is 1. The Labute approximate surface area is 108 Å². The van der Waals surface area contributed by atoms with Gasteiger partial charge < -0.3 is 15.3 Å². The summed E-state index contributed by atoms with van der Waals surface area (Å²) in [5.74, 6) is 0. The lowest BCUT2D eigenvalue weighted by atomic mass is 9.90. The normalized spacial score (nSPS) is 12.0. The maximum atomic E-state index is 9.43. The van der Waals surface area contributed by atoms with Crippen molar-refractivity contribution in [2.24, 2.45) is 0 Å². The molecule has 0 saturated heterocycles. The number of aryl methyl sites for hydroxylation is 1. The van der Waals surface area contributed by atoms with Crippen LogP contribution < -0.4 is 0 Å². The highest BCUT2D eigenvalue weighted by atomic mass is 16.3. The molecule has 0 unspecified atom stereocenters. The van der Waals surface area contributed by atoms with Crippen molar-refractivity contribution in [3.8, 4) is 0 Å². The summed E-state index contributed by atoms with van der Waals surface area (Å²) in [6, 6.07) is 1.95. The van der Waals surface area contributed by atoms with Gasteiger partial charge in [-0.3, -0.25) is 0 Å². The van der Waals surface area contributed by atoms with Crippen LogP contribution in [0, 0.1) is 13.8 Å². The van der Waals surface area contributed by atoms with Crippen LogP contribution >= 0.6 is 0 Å². The van der Waals surface area contributed by atoms with E-state index in [1.807, 2.05) is 32.9 Å². The Hall–Kier alpha value is -1.16. The predicted octanol–water partition coefficient (Wildman–Crippen LogP) is 1.73. The van der Waals surface area contributed by atoms with Gasteiger partial charge in [-0.2, -0.15) is 0 Å². The summed E-state index contributed by atoms with van der Waals surface area (Å²) in [4.78, 5) is 0. The van der Waals surface area contributed by atoms with Gasteiger partial charge in [-0.15, -0.1) is 0 Å². The number of rotatable bonds is 5. The fourth-order valence-corrected chi connectivity index (χ4v) is 2.25. The Kier molecular flexibility index (Phi) is 5.54. The van der Waals surface area contributed by atoms with Crippen LogP contribution in [-0.4, -0.2) is 28.5 Å². The van der Waals surface area contributed by atoms with Gasteiger partial charge in [-0.05, 0) is 60.6 Å². The minimum absolute atomic E-state index is 0.00746. The van der Waals surface area contributed by atoms with Crippen LogP contribution in [0.2, 0.25) is 0 Å². The summed E-state index contributed by atoms with van der Waals surface area (Å²) in [7, 11) is 0. The van der Waals surface area contributed by atoms with Gasteiger partial charge >= 0.3 is 0 Å². The molecule has 0 bridgehead atoms. The van der Waals surface area contributed by atoms with Gasteiger partial charge in [0.25, 0.3) is 0 Å². The molecule has 1 aromatic carbocycles. The Morgan fingerprint density at radius 3 is 2.39 bits per heavy atom. The monoisotopic (exact) mass is 250 g/mol. The van der Waals surface area contributed by atoms with E-state index in [2.05, 4.69) is 0 Å². The van der Waals surface area contributed by atoms with Crippen molar-refractivity contribution >= 4 is 6.08 Å². The molecule has 3 nitrogen and oxygen atoms in total. The summed E-state index contributed by atoms with van der Waals surface area (Å²) in [6.07, 6.45) is 2.52. The lowest BCUT2D eigenvalue weighted by molar-refractivity contribution is 0.281. The quantitative estimate of drug-likeness (QED) is 0.746. The highest BCUT2D eigenvalue weighted by Crippen LogP contribution is 2.25. The number of aliphatic hydroxyl groups excluding tert-OH is 3. The molecule has 0 fully saturated rings. The van der Waals surface area contributed by atoms with Crippen LogP contribution in [0.5, 0.6) is 0 Å². The van der Waals surface area contributed by atoms with Gasteiger partial charge in [-0.1, -0.05) is 12.1 Å². The van der Waals surface area contributed by atoms with Crippen molar-refractivity contribution in [3.63, 3.8) is 0 Å². The van der Waals surface area contributed by atoms with E-state index in [4.69, 9.17) is 10.2 Å². The van der Waals surface area contributed by atoms with Crippen LogP contribution in [-0.2, 0) is 13.0 Å². The van der Waals surface area contributed by atoms with Crippen LogP contribution in [0.15, 0.2) is 11.6 Å². The molecule has 0 amide bonds. The summed E-state index contributed by atoms with van der Waals surface area (Å²) in [5.41, 5.74) is 5.95. The predicted molar refractivity (Wildman–Crippen MR) is 73.4 cm³/mol. The molecule has 3 N–H and O–H groups in total. The summed E-state index contributed by atoms with van der Waals surface area (Å²) >= 11 is 0. The molecule has 0 aliphatic heterocycles. The Balaban J connectivity index is 3.41. The lowest BCUT2D eigenvalue weighted by Gasteiger charge is -2.16. The third-order valence-corrected chi connectivity index (χ3v) is 3.24. The molecular weight excluding hydrogens is 228 g/mol. The molecule has 0 atom stereocenters. The van der Waals surface area contributed by atoms with Crippen LogP contribution in [0.25, 0.3) is 6.08 Å². The maximum absolute atomic E-state index is 9.43. The lowest BCUT2D eigenvalue weighted by Crippen LogP contribution is -2.04. The van der Waals surface area contributed by atoms with E-state index in [-0.39, 0.29) is 19.8 Å². The van der Waals surface area contributed by atoms with Gasteiger partial charge in [-0.25, -0.2) is 0 Å². The first kappa shape index (κ1) is 14.9. The minimum Gasteiger partial charge on any atom is -0.396 e. The van der Waals surface area contributed by atoms with Crippen molar-refractivity contribution < 1.29 is 15.3 Å². The molecule has 1 rings (SSSR count). The van der Waals surface area contributed by atoms with E-state index in [1.54, 1.807) is 0 Å². The zero-order valence-corrected chi connectivity index (χ0v) is 11.3. The van der Waals surface area contributed by atoms with E-state index in [9.17, 15) is 5.11 Å². The second-order valence-corrected chi connectivity index (χ2v) is 4.65. The fraction of sp³-hybridized carbons (Fsp3) is 0.467. The zero-order valence-electron chi connectivity index (χ0n) is 11.3. The Morgan fingerprint density at radius 1 is 1.22 bits per heavy atom. The largest absolute Gasteiger partial charge is 0.396 e. The first-order valence-corrected chi connectivity index (χ1v) is 6.16. The first-order chi connectivity index (χ1) is 8.54. The maximum Gasteiger partial charge on any atom is 0.0687 e. The number of hydrogen-bond acceptors (Lipinski definition) is 3. The molecule has 0 aliphatic carbocycles. The summed E-state index contributed by atoms with van der Waals surface area (Å²) < 4.78 is 0. The average molecular weight is 250 g/mol. The van der Waals surface area contributed by atoms with Crippen LogP contribution in [0.3, 0.4) is 0 Å². The molecule has 0 aliphatic rings. The second-order valence-electron chi connectivity index (χ2n) is 4.65. The van der Waals surface area contributed by atoms with E-state index in [0.29, 0.717) is 6.42 Å². The molecule has 0 spiro atoms. The van der Waals surface area contributed by atoms with E-state index in [1.165, 1.54) is 0 Å². The smallest absolute Gasteiger partial charge is 0.0687 e. The molecular formula is C15H22O3. The highest BCUT2D eigenvalue weighted by molar-refractivity contribution is 5.63. The van der Waals surface area contributed by atoms with E-state index >= 15 is 0 Å². The highest BCUT2D eigenvalue weighted by Gasteiger charge is 2.11. The topological polar surface area (TPSA) is 60.7 Å². The van der Waals surface area contributed by atoms with Gasteiger partial charge in [0.2, 0.25) is 0 Å². The molecule has 0 aromatic heterocycles. The SMILES string of the molecule is C/C(=C/c1c(CO)cc(C)c(CCO)c1C)CO. The Bertz CT molecular complexity index is 448. The third kappa shape index (κ3) is 3.19. The second kappa shape index (κ2) is 6.69. The van der Waals surface area contributed by atoms with Crippen molar-refractivity contribution in [3.05, 3.63) is 39.5 Å². The van der Waals surface area contributed by atoms with Gasteiger partial charge in [0.1, 0.15) is 0 Å². The minimum atomic E-state index is -0.0222. The Morgan fingerprint density at radius 2 is 1.89 bits per heavy atom. The van der Waals surface area contributed by atoms with Crippen molar-refractivity contribution in [2.75, 3.05) is 13.2 Å². The zero-order chi connectivity index (χ0) is 13.7. The van der Waals surface area contributed by atoms with Gasteiger partial charge in [0, 0.05) is 6.61 Å². The van der Waals surface area contributed by atoms with Crippen molar-refractivity contribution in [2.45, 2.75) is 33.8 Å². The molecule has 0 heterocycles. The molecule has 0 radical (unpaired) electrons. The molecule has 3 heteroatoms. The molecule has 0 saturated carbocycles. The van der Waals surface area contributed by atoms with Crippen LogP contribution in [0.4, 0.5) is 0 Å². The number of aliphatic hydroxyl groups is 3. The summed E-state index contributed by atoms with van der Waals surface area (Å²) in [5, 5.41) is 27.6. The summed E-state index contributed by atoms with van der Waals surface area (Å²) in [6.45, 7) is 5.94. The number of hydrogen-bond donors (Lipinski definition) is 3. The van der Waals surface area contributed by atoms with Crippen molar-refractivity contribution in [1.82, 2.24) is 0 Å². The standard InChI is InChI=1S/C15H22O3/c1-10(8-17)6-15-12(3)14(4-5-16)11(2)7-13(15)9-18/h6-7,16-18H,4-5,8-9H2,1-3H3/b10-6-. The molecule has 100 valence electrons. The van der Waals surface area contributed by atoms with Crippen molar-refractivity contribution in [1.29, 1.82) is 0 Å². The van der Waals surface area contributed by atoms with Crippen LogP contribution in [0.1, 0.15) is 34.7 Å². The van der Waals surface area contributed by atoms with Gasteiger partial charge in [0.05, 0.1) is 13.2 Å². The average Bonchev–Trinajstić information content (AvgIpc) is 2.37. The van der Waals surface area contributed by atoms with E-state index in [0.717, 1.165) is 33.4 Å². The van der Waals surface area contributed by atoms with E-state index < -0.39 is 0 Å². The molecule has 18 heavy (non-hydrogen) atoms. The van der Waals surface area contributed by atoms with Gasteiger partial charge in [0.15, 0.2) is 0 Å². The fourth-order valence-electron chi connectivity index (χ4n) is 2.25. The third-order valence-electron chi connectivity index (χ3n) is 3.24. The molecule has 1 aromatic rings. The first-order valence-electron chi connectivity index (χ1n) is 6.16.